The minimum atomic E-state index is -1.04. The Balaban J connectivity index is 2.00. The van der Waals surface area contributed by atoms with Crippen molar-refractivity contribution in [1.29, 1.82) is 0 Å². The monoisotopic (exact) mass is 384 g/mol. The first kappa shape index (κ1) is 18.8. The summed E-state index contributed by atoms with van der Waals surface area (Å²) in [5.74, 6) is -2.00. The van der Waals surface area contributed by atoms with E-state index in [9.17, 15) is 19.2 Å². The minimum absolute atomic E-state index is 0.00940. The number of rotatable bonds is 5. The summed E-state index contributed by atoms with van der Waals surface area (Å²) < 4.78 is 0. The van der Waals surface area contributed by atoms with Gasteiger partial charge in [-0.2, -0.15) is 5.01 Å². The summed E-state index contributed by atoms with van der Waals surface area (Å²) in [5, 5.41) is 2.19. The molecule has 0 bridgehead atoms. The van der Waals surface area contributed by atoms with E-state index in [2.05, 4.69) is 0 Å². The van der Waals surface area contributed by atoms with Crippen LogP contribution >= 0.6 is 11.6 Å². The van der Waals surface area contributed by atoms with Gasteiger partial charge in [-0.25, -0.2) is 5.01 Å². The highest BCUT2D eigenvalue weighted by molar-refractivity contribution is 6.30. The Hall–Kier alpha value is -2.99. The number of hydrogen-bond donors (Lipinski definition) is 0. The highest BCUT2D eigenvalue weighted by atomic mass is 35.5. The van der Waals surface area contributed by atoms with Gasteiger partial charge in [-0.1, -0.05) is 41.9 Å². The van der Waals surface area contributed by atoms with Crippen molar-refractivity contribution < 1.29 is 19.2 Å². The Morgan fingerprint density at radius 3 is 2.04 bits per heavy atom. The molecule has 138 valence electrons. The fraction of sp³-hybridized carbons (Fsp3) is 0.200. The first-order valence-electron chi connectivity index (χ1n) is 8.44. The molecule has 0 spiro atoms. The molecule has 1 aliphatic heterocycles. The van der Waals surface area contributed by atoms with Gasteiger partial charge in [-0.3, -0.25) is 19.2 Å². The van der Waals surface area contributed by atoms with Gasteiger partial charge < -0.3 is 0 Å². The van der Waals surface area contributed by atoms with Crippen LogP contribution in [0.25, 0.3) is 0 Å². The van der Waals surface area contributed by atoms with Crippen molar-refractivity contribution in [2.45, 2.75) is 25.8 Å². The van der Waals surface area contributed by atoms with E-state index in [1.165, 1.54) is 31.2 Å². The SMILES string of the molecule is C[C@H](C(=O)c1ccccc1)N(C(=O)c1ccc(Cl)cc1)N1C(=O)CCC1=O. The van der Waals surface area contributed by atoms with Crippen molar-refractivity contribution in [2.24, 2.45) is 0 Å². The molecule has 3 amide bonds. The molecule has 1 atom stereocenters. The molecule has 2 aromatic rings. The third-order valence-corrected chi connectivity index (χ3v) is 4.60. The van der Waals surface area contributed by atoms with Crippen LogP contribution in [0.2, 0.25) is 5.02 Å². The lowest BCUT2D eigenvalue weighted by Crippen LogP contribution is -2.55. The number of hydrogen-bond acceptors (Lipinski definition) is 4. The summed E-state index contributed by atoms with van der Waals surface area (Å²) in [6.07, 6.45) is 0.0188. The largest absolute Gasteiger partial charge is 0.292 e. The van der Waals surface area contributed by atoms with Crippen LogP contribution in [0.1, 0.15) is 40.5 Å². The summed E-state index contributed by atoms with van der Waals surface area (Å²) in [6, 6.07) is 13.4. The summed E-state index contributed by atoms with van der Waals surface area (Å²) >= 11 is 5.86. The average Bonchev–Trinajstić information content (AvgIpc) is 3.01. The van der Waals surface area contributed by atoms with Gasteiger partial charge in [-0.05, 0) is 31.2 Å². The number of amides is 3. The molecule has 0 saturated carbocycles. The molecule has 1 aliphatic rings. The minimum Gasteiger partial charge on any atom is -0.292 e. The molecule has 6 nitrogen and oxygen atoms in total. The zero-order valence-corrected chi connectivity index (χ0v) is 15.3. The van der Waals surface area contributed by atoms with Gasteiger partial charge >= 0.3 is 0 Å². The third kappa shape index (κ3) is 3.75. The maximum absolute atomic E-state index is 13.1. The molecule has 2 aromatic carbocycles. The van der Waals surface area contributed by atoms with Crippen molar-refractivity contribution >= 4 is 35.1 Å². The van der Waals surface area contributed by atoms with Gasteiger partial charge in [0.25, 0.3) is 5.91 Å². The zero-order valence-electron chi connectivity index (χ0n) is 14.6. The fourth-order valence-electron chi connectivity index (χ4n) is 2.92. The molecule has 0 aliphatic carbocycles. The van der Waals surface area contributed by atoms with Crippen LogP contribution in [0, 0.1) is 0 Å². The van der Waals surface area contributed by atoms with Crippen LogP contribution in [-0.2, 0) is 9.59 Å². The van der Waals surface area contributed by atoms with Crippen LogP contribution in [0.5, 0.6) is 0 Å². The average molecular weight is 385 g/mol. The Labute approximate surface area is 161 Å². The number of imide groups is 1. The lowest BCUT2D eigenvalue weighted by molar-refractivity contribution is -0.154. The summed E-state index contributed by atoms with van der Waals surface area (Å²) in [4.78, 5) is 50.5. The van der Waals surface area contributed by atoms with Crippen molar-refractivity contribution in [1.82, 2.24) is 10.0 Å². The van der Waals surface area contributed by atoms with Gasteiger partial charge in [0.15, 0.2) is 5.78 Å². The zero-order chi connectivity index (χ0) is 19.6. The van der Waals surface area contributed by atoms with Gasteiger partial charge in [0.1, 0.15) is 6.04 Å². The Morgan fingerprint density at radius 2 is 1.48 bits per heavy atom. The maximum atomic E-state index is 13.1. The fourth-order valence-corrected chi connectivity index (χ4v) is 3.05. The second kappa shape index (κ2) is 7.72. The van der Waals surface area contributed by atoms with E-state index in [0.29, 0.717) is 10.6 Å². The van der Waals surface area contributed by atoms with Crippen molar-refractivity contribution in [3.05, 3.63) is 70.7 Å². The summed E-state index contributed by atoms with van der Waals surface area (Å²) in [5.41, 5.74) is 0.609. The molecule has 1 heterocycles. The highest BCUT2D eigenvalue weighted by Crippen LogP contribution is 2.22. The molecular weight excluding hydrogens is 368 g/mol. The van der Waals surface area contributed by atoms with E-state index in [4.69, 9.17) is 11.6 Å². The standard InChI is InChI=1S/C20H17ClN2O4/c1-13(19(26)14-5-3-2-4-6-14)22(23-17(24)11-12-18(23)25)20(27)15-7-9-16(21)10-8-15/h2-10,13H,11-12H2,1H3/t13-/m1/s1. The Kier molecular flexibility index (Phi) is 5.37. The number of carbonyl (C=O) groups is 4. The predicted molar refractivity (Wildman–Crippen MR) is 98.9 cm³/mol. The summed E-state index contributed by atoms with van der Waals surface area (Å²) in [7, 11) is 0. The van der Waals surface area contributed by atoms with Crippen molar-refractivity contribution in [3.8, 4) is 0 Å². The molecular formula is C20H17ClN2O4. The van der Waals surface area contributed by atoms with Gasteiger partial charge in [0.2, 0.25) is 11.8 Å². The number of benzene rings is 2. The van der Waals surface area contributed by atoms with E-state index < -0.39 is 23.8 Å². The molecule has 1 saturated heterocycles. The van der Waals surface area contributed by atoms with Gasteiger partial charge in [0, 0.05) is 29.0 Å². The van der Waals surface area contributed by atoms with Gasteiger partial charge in [-0.15, -0.1) is 0 Å². The summed E-state index contributed by atoms with van der Waals surface area (Å²) in [6.45, 7) is 1.50. The predicted octanol–water partition coefficient (Wildman–Crippen LogP) is 3.12. The number of nitrogens with zero attached hydrogens (tertiary/aromatic N) is 2. The van der Waals surface area contributed by atoms with E-state index in [1.54, 1.807) is 30.3 Å². The normalized spacial score (nSPS) is 15.0. The molecule has 0 radical (unpaired) electrons. The van der Waals surface area contributed by atoms with Crippen molar-refractivity contribution in [3.63, 3.8) is 0 Å². The lowest BCUT2D eigenvalue weighted by atomic mass is 10.0. The van der Waals surface area contributed by atoms with Crippen LogP contribution < -0.4 is 0 Å². The quantitative estimate of drug-likeness (QED) is 0.586. The second-order valence-electron chi connectivity index (χ2n) is 6.16. The van der Waals surface area contributed by atoms with Crippen LogP contribution in [0.4, 0.5) is 0 Å². The molecule has 0 unspecified atom stereocenters. The molecule has 7 heteroatoms. The smallest absolute Gasteiger partial charge is 0.273 e. The molecule has 27 heavy (non-hydrogen) atoms. The van der Waals surface area contributed by atoms with E-state index in [0.717, 1.165) is 10.0 Å². The van der Waals surface area contributed by atoms with E-state index in [1.807, 2.05) is 0 Å². The number of Topliss-reactive ketones (excluding diaryl/α,β-unsaturated/α-hetero) is 1. The van der Waals surface area contributed by atoms with Crippen LogP contribution in [-0.4, -0.2) is 39.6 Å². The number of ketones is 1. The molecule has 0 N–H and O–H groups in total. The van der Waals surface area contributed by atoms with Crippen molar-refractivity contribution in [2.75, 3.05) is 0 Å². The van der Waals surface area contributed by atoms with E-state index in [-0.39, 0.29) is 24.2 Å². The molecule has 0 aromatic heterocycles. The highest BCUT2D eigenvalue weighted by Gasteiger charge is 2.41. The Bertz CT molecular complexity index is 880. The van der Waals surface area contributed by atoms with E-state index >= 15 is 0 Å². The Morgan fingerprint density at radius 1 is 0.926 bits per heavy atom. The number of hydrazine groups is 1. The molecule has 1 fully saturated rings. The number of halogens is 1. The number of carbonyl (C=O) groups excluding carboxylic acids is 4. The van der Waals surface area contributed by atoms with Gasteiger partial charge in [0.05, 0.1) is 0 Å². The first-order chi connectivity index (χ1) is 12.9. The lowest BCUT2D eigenvalue weighted by Gasteiger charge is -2.34. The maximum Gasteiger partial charge on any atom is 0.273 e. The first-order valence-corrected chi connectivity index (χ1v) is 8.82. The third-order valence-electron chi connectivity index (χ3n) is 4.34. The van der Waals surface area contributed by atoms with Crippen LogP contribution in [0.15, 0.2) is 54.6 Å². The molecule has 3 rings (SSSR count). The van der Waals surface area contributed by atoms with Crippen LogP contribution in [0.3, 0.4) is 0 Å². The topological polar surface area (TPSA) is 74.8 Å². The second-order valence-corrected chi connectivity index (χ2v) is 6.60.